The van der Waals surface area contributed by atoms with Gasteiger partial charge in [0.1, 0.15) is 6.54 Å². The van der Waals surface area contributed by atoms with Crippen molar-refractivity contribution in [2.24, 2.45) is 0 Å². The van der Waals surface area contributed by atoms with Gasteiger partial charge < -0.3 is 10.0 Å². The van der Waals surface area contributed by atoms with Crippen molar-refractivity contribution in [3.63, 3.8) is 0 Å². The predicted molar refractivity (Wildman–Crippen MR) is 86.9 cm³/mol. The van der Waals surface area contributed by atoms with Gasteiger partial charge in [0.2, 0.25) is 5.91 Å². The minimum Gasteiger partial charge on any atom is -0.480 e. The monoisotopic (exact) mass is 299 g/mol. The maximum atomic E-state index is 12.6. The molecular weight excluding hydrogens is 278 g/mol. The highest BCUT2D eigenvalue weighted by molar-refractivity contribution is 5.89. The Kier molecular flexibility index (Phi) is 5.15. The molecule has 1 unspecified atom stereocenters. The quantitative estimate of drug-likeness (QED) is 0.890. The van der Waals surface area contributed by atoms with Gasteiger partial charge in [0.05, 0.1) is 5.92 Å². The molecule has 1 atom stereocenters. The van der Waals surface area contributed by atoms with Crippen LogP contribution in [0.3, 0.4) is 0 Å². The van der Waals surface area contributed by atoms with Crippen molar-refractivity contribution in [3.8, 4) is 0 Å². The molecule has 1 N–H and O–H groups in total. The third kappa shape index (κ3) is 3.64. The van der Waals surface area contributed by atoms with Crippen LogP contribution < -0.4 is 0 Å². The molecule has 4 heteroatoms. The Morgan fingerprint density at radius 2 is 1.82 bits per heavy atom. The fraction of sp³-hybridized carbons (Fsp3) is 0.333. The van der Waals surface area contributed by atoms with E-state index in [1.807, 2.05) is 56.3 Å². The van der Waals surface area contributed by atoms with E-state index in [0.29, 0.717) is 6.54 Å². The first-order valence-corrected chi connectivity index (χ1v) is 7.52. The molecule has 4 nitrogen and oxygen atoms in total. The standard InChI is InChI=1S/C18H21NO3/c1-3-10-19(12-17(20)21)18(22)13(2)15-9-8-14-6-4-5-7-16(14)11-15/h4-9,11,13H,3,10,12H2,1-2H3,(H,20,21). The number of carbonyl (C=O) groups is 2. The number of carboxylic acid groups (broad SMARTS) is 1. The number of fused-ring (bicyclic) bond motifs is 1. The Morgan fingerprint density at radius 1 is 1.14 bits per heavy atom. The number of rotatable bonds is 6. The lowest BCUT2D eigenvalue weighted by Gasteiger charge is -2.24. The van der Waals surface area contributed by atoms with Gasteiger partial charge in [0.25, 0.3) is 0 Å². The van der Waals surface area contributed by atoms with Gasteiger partial charge in [0, 0.05) is 6.54 Å². The lowest BCUT2D eigenvalue weighted by molar-refractivity contribution is -0.145. The fourth-order valence-electron chi connectivity index (χ4n) is 2.59. The van der Waals surface area contributed by atoms with Crippen molar-refractivity contribution in [2.45, 2.75) is 26.2 Å². The van der Waals surface area contributed by atoms with Crippen LogP contribution in [0.25, 0.3) is 10.8 Å². The second-order valence-electron chi connectivity index (χ2n) is 5.48. The maximum absolute atomic E-state index is 12.6. The normalized spacial score (nSPS) is 12.1. The minimum absolute atomic E-state index is 0.139. The Bertz CT molecular complexity index is 681. The molecule has 2 rings (SSSR count). The summed E-state index contributed by atoms with van der Waals surface area (Å²) in [6.07, 6.45) is 0.740. The molecule has 0 aromatic heterocycles. The van der Waals surface area contributed by atoms with Gasteiger partial charge in [-0.05, 0) is 29.7 Å². The zero-order valence-corrected chi connectivity index (χ0v) is 13.0. The van der Waals surface area contributed by atoms with E-state index in [1.165, 1.54) is 4.90 Å². The minimum atomic E-state index is -0.979. The maximum Gasteiger partial charge on any atom is 0.323 e. The van der Waals surface area contributed by atoms with Crippen molar-refractivity contribution >= 4 is 22.6 Å². The number of nitrogens with zero attached hydrogens (tertiary/aromatic N) is 1. The van der Waals surface area contributed by atoms with Crippen LogP contribution >= 0.6 is 0 Å². The van der Waals surface area contributed by atoms with Crippen LogP contribution in [-0.4, -0.2) is 35.0 Å². The van der Waals surface area contributed by atoms with Crippen LogP contribution in [0.1, 0.15) is 31.7 Å². The van der Waals surface area contributed by atoms with Crippen LogP contribution in [0, 0.1) is 0 Å². The summed E-state index contributed by atoms with van der Waals surface area (Å²) in [5, 5.41) is 11.2. The van der Waals surface area contributed by atoms with Crippen LogP contribution in [0.2, 0.25) is 0 Å². The number of carboxylic acids is 1. The molecule has 0 saturated heterocycles. The molecule has 0 aliphatic carbocycles. The third-order valence-electron chi connectivity index (χ3n) is 3.78. The largest absolute Gasteiger partial charge is 0.480 e. The molecule has 22 heavy (non-hydrogen) atoms. The number of aliphatic carboxylic acids is 1. The SMILES string of the molecule is CCCN(CC(=O)O)C(=O)C(C)c1ccc2ccccc2c1. The summed E-state index contributed by atoms with van der Waals surface area (Å²) in [7, 11) is 0. The van der Waals surface area contributed by atoms with Gasteiger partial charge >= 0.3 is 5.97 Å². The van der Waals surface area contributed by atoms with E-state index in [2.05, 4.69) is 0 Å². The van der Waals surface area contributed by atoms with E-state index >= 15 is 0 Å². The number of benzene rings is 2. The Labute approximate surface area is 130 Å². The summed E-state index contributed by atoms with van der Waals surface area (Å²) in [5.74, 6) is -1.47. The van der Waals surface area contributed by atoms with Crippen molar-refractivity contribution < 1.29 is 14.7 Å². The molecule has 1 amide bonds. The van der Waals surface area contributed by atoms with E-state index in [9.17, 15) is 9.59 Å². The van der Waals surface area contributed by atoms with Crippen molar-refractivity contribution in [3.05, 3.63) is 48.0 Å². The molecule has 0 fully saturated rings. The summed E-state index contributed by atoms with van der Waals surface area (Å²) < 4.78 is 0. The van der Waals surface area contributed by atoms with Gasteiger partial charge in [-0.3, -0.25) is 9.59 Å². The zero-order chi connectivity index (χ0) is 16.1. The molecule has 0 saturated carbocycles. The van der Waals surface area contributed by atoms with Crippen LogP contribution in [-0.2, 0) is 9.59 Å². The number of carbonyl (C=O) groups excluding carboxylic acids is 1. The summed E-state index contributed by atoms with van der Waals surface area (Å²) in [6, 6.07) is 13.9. The predicted octanol–water partition coefficient (Wildman–Crippen LogP) is 3.27. The Hall–Kier alpha value is -2.36. The molecule has 0 spiro atoms. The molecular formula is C18H21NO3. The summed E-state index contributed by atoms with van der Waals surface area (Å²) >= 11 is 0. The number of amides is 1. The van der Waals surface area contributed by atoms with Crippen molar-refractivity contribution in [1.29, 1.82) is 0 Å². The Balaban J connectivity index is 2.24. The van der Waals surface area contributed by atoms with Crippen molar-refractivity contribution in [1.82, 2.24) is 4.90 Å². The first-order chi connectivity index (χ1) is 10.5. The topological polar surface area (TPSA) is 57.6 Å². The lowest BCUT2D eigenvalue weighted by atomic mass is 9.96. The van der Waals surface area contributed by atoms with Gasteiger partial charge in [-0.25, -0.2) is 0 Å². The fourth-order valence-corrected chi connectivity index (χ4v) is 2.59. The zero-order valence-electron chi connectivity index (χ0n) is 13.0. The average Bonchev–Trinajstić information content (AvgIpc) is 2.52. The highest BCUT2D eigenvalue weighted by Gasteiger charge is 2.23. The molecule has 0 aliphatic heterocycles. The molecule has 0 heterocycles. The van der Waals surface area contributed by atoms with Crippen LogP contribution in [0.15, 0.2) is 42.5 Å². The van der Waals surface area contributed by atoms with Crippen molar-refractivity contribution in [2.75, 3.05) is 13.1 Å². The van der Waals surface area contributed by atoms with Gasteiger partial charge in [-0.1, -0.05) is 49.4 Å². The van der Waals surface area contributed by atoms with Crippen LogP contribution in [0.5, 0.6) is 0 Å². The van der Waals surface area contributed by atoms with Gasteiger partial charge in [0.15, 0.2) is 0 Å². The van der Waals surface area contributed by atoms with E-state index in [-0.39, 0.29) is 18.4 Å². The summed E-state index contributed by atoms with van der Waals surface area (Å²) in [6.45, 7) is 3.98. The smallest absolute Gasteiger partial charge is 0.323 e. The summed E-state index contributed by atoms with van der Waals surface area (Å²) in [4.78, 5) is 24.9. The van der Waals surface area contributed by atoms with Gasteiger partial charge in [-0.2, -0.15) is 0 Å². The molecule has 0 bridgehead atoms. The molecule has 116 valence electrons. The first-order valence-electron chi connectivity index (χ1n) is 7.52. The third-order valence-corrected chi connectivity index (χ3v) is 3.78. The summed E-state index contributed by atoms with van der Waals surface area (Å²) in [5.41, 5.74) is 0.912. The Morgan fingerprint density at radius 3 is 2.45 bits per heavy atom. The highest BCUT2D eigenvalue weighted by Crippen LogP contribution is 2.23. The second-order valence-corrected chi connectivity index (χ2v) is 5.48. The second kappa shape index (κ2) is 7.07. The first kappa shape index (κ1) is 16.0. The van der Waals surface area contributed by atoms with E-state index in [0.717, 1.165) is 22.8 Å². The number of hydrogen-bond donors (Lipinski definition) is 1. The van der Waals surface area contributed by atoms with E-state index < -0.39 is 5.97 Å². The molecule has 2 aromatic rings. The highest BCUT2D eigenvalue weighted by atomic mass is 16.4. The van der Waals surface area contributed by atoms with Gasteiger partial charge in [-0.15, -0.1) is 0 Å². The average molecular weight is 299 g/mol. The van der Waals surface area contributed by atoms with Crippen LogP contribution in [0.4, 0.5) is 0 Å². The molecule has 2 aromatic carbocycles. The molecule has 0 radical (unpaired) electrons. The van der Waals surface area contributed by atoms with E-state index in [1.54, 1.807) is 0 Å². The molecule has 0 aliphatic rings. The number of hydrogen-bond acceptors (Lipinski definition) is 2. The van der Waals surface area contributed by atoms with E-state index in [4.69, 9.17) is 5.11 Å². The lowest BCUT2D eigenvalue weighted by Crippen LogP contribution is -2.38.